The van der Waals surface area contributed by atoms with Crippen LogP contribution in [0.1, 0.15) is 31.1 Å². The number of carbonyl (C=O) groups excluding carboxylic acids is 1. The van der Waals surface area contributed by atoms with E-state index in [2.05, 4.69) is 40.6 Å². The van der Waals surface area contributed by atoms with Crippen LogP contribution in [0.3, 0.4) is 0 Å². The molecule has 0 saturated carbocycles. The molecule has 1 fully saturated rings. The van der Waals surface area contributed by atoms with E-state index < -0.39 is 0 Å². The van der Waals surface area contributed by atoms with Crippen LogP contribution in [-0.4, -0.2) is 44.5 Å². The number of carbonyl (C=O) groups is 1. The summed E-state index contributed by atoms with van der Waals surface area (Å²) in [6.07, 6.45) is 8.03. The molecule has 3 aromatic rings. The summed E-state index contributed by atoms with van der Waals surface area (Å²) in [5, 5.41) is 5.10. The largest absolute Gasteiger partial charge is 0.472 e. The SMILES string of the molecule is C=CC(=O)N1CCC[C@H](Oc2nc(Nc3ncc(C)s3)cc3c2ccn3CCC)C1. The molecule has 0 bridgehead atoms. The Kier molecular flexibility index (Phi) is 6.03. The maximum absolute atomic E-state index is 12.0. The van der Waals surface area contributed by atoms with Gasteiger partial charge in [0.1, 0.15) is 11.9 Å². The zero-order valence-corrected chi connectivity index (χ0v) is 18.2. The molecule has 4 heterocycles. The van der Waals surface area contributed by atoms with Gasteiger partial charge in [0.05, 0.1) is 17.4 Å². The molecule has 30 heavy (non-hydrogen) atoms. The van der Waals surface area contributed by atoms with E-state index in [1.54, 1.807) is 16.2 Å². The van der Waals surface area contributed by atoms with E-state index in [1.165, 1.54) is 6.08 Å². The van der Waals surface area contributed by atoms with Crippen molar-refractivity contribution in [2.45, 2.75) is 45.8 Å². The fraction of sp³-hybridized carbons (Fsp3) is 0.409. The normalized spacial score (nSPS) is 16.6. The Morgan fingerprint density at radius 1 is 1.50 bits per heavy atom. The number of nitrogens with zero attached hydrogens (tertiary/aromatic N) is 4. The van der Waals surface area contributed by atoms with Crippen LogP contribution in [0.15, 0.2) is 37.2 Å². The van der Waals surface area contributed by atoms with Gasteiger partial charge in [-0.2, -0.15) is 4.98 Å². The predicted octanol–water partition coefficient (Wildman–Crippen LogP) is 4.51. The number of hydrogen-bond acceptors (Lipinski definition) is 6. The topological polar surface area (TPSA) is 72.3 Å². The van der Waals surface area contributed by atoms with E-state index in [0.29, 0.717) is 18.2 Å². The van der Waals surface area contributed by atoms with Crippen molar-refractivity contribution in [1.29, 1.82) is 0 Å². The summed E-state index contributed by atoms with van der Waals surface area (Å²) in [4.78, 5) is 24.1. The lowest BCUT2D eigenvalue weighted by Gasteiger charge is -2.32. The van der Waals surface area contributed by atoms with Crippen LogP contribution in [0.4, 0.5) is 10.9 Å². The average Bonchev–Trinajstić information content (AvgIpc) is 3.34. The molecule has 7 nitrogen and oxygen atoms in total. The summed E-state index contributed by atoms with van der Waals surface area (Å²) in [5.41, 5.74) is 1.08. The fourth-order valence-corrected chi connectivity index (χ4v) is 4.46. The molecule has 0 spiro atoms. The van der Waals surface area contributed by atoms with Crippen LogP contribution in [0.25, 0.3) is 10.9 Å². The minimum Gasteiger partial charge on any atom is -0.472 e. The summed E-state index contributed by atoms with van der Waals surface area (Å²) in [6, 6.07) is 4.10. The minimum atomic E-state index is -0.0924. The minimum absolute atomic E-state index is 0.0509. The van der Waals surface area contributed by atoms with Gasteiger partial charge in [0.15, 0.2) is 5.13 Å². The fourth-order valence-electron chi connectivity index (χ4n) is 3.79. The summed E-state index contributed by atoms with van der Waals surface area (Å²) in [6.45, 7) is 10.0. The van der Waals surface area contributed by atoms with Crippen molar-refractivity contribution in [3.8, 4) is 5.88 Å². The first-order chi connectivity index (χ1) is 14.6. The van der Waals surface area contributed by atoms with Crippen molar-refractivity contribution in [3.05, 3.63) is 42.1 Å². The highest BCUT2D eigenvalue weighted by atomic mass is 32.1. The standard InChI is InChI=1S/C22H27N5O2S/c1-4-9-26-11-8-17-18(26)12-19(25-22-23-13-15(3)30-22)24-21(17)29-16-7-6-10-27(14-16)20(28)5-2/h5,8,11-13,16H,2,4,6-7,9-10,14H2,1,3H3,(H,23,24,25)/t16-/m0/s1. The summed E-state index contributed by atoms with van der Waals surface area (Å²) in [7, 11) is 0. The number of rotatable bonds is 7. The molecule has 1 atom stereocenters. The number of hydrogen-bond donors (Lipinski definition) is 1. The van der Waals surface area contributed by atoms with Crippen molar-refractivity contribution in [2.24, 2.45) is 0 Å². The van der Waals surface area contributed by atoms with E-state index in [9.17, 15) is 4.79 Å². The molecule has 3 aromatic heterocycles. The number of anilines is 2. The molecular weight excluding hydrogens is 398 g/mol. The van der Waals surface area contributed by atoms with E-state index in [-0.39, 0.29) is 12.0 Å². The molecule has 158 valence electrons. The molecule has 1 amide bonds. The number of amides is 1. The van der Waals surface area contributed by atoms with Crippen molar-refractivity contribution in [2.75, 3.05) is 18.4 Å². The van der Waals surface area contributed by atoms with Gasteiger partial charge in [-0.25, -0.2) is 4.98 Å². The number of fused-ring (bicyclic) bond motifs is 1. The third kappa shape index (κ3) is 4.33. The van der Waals surface area contributed by atoms with Gasteiger partial charge in [0.2, 0.25) is 11.8 Å². The van der Waals surface area contributed by atoms with Crippen LogP contribution in [-0.2, 0) is 11.3 Å². The molecule has 4 rings (SSSR count). The van der Waals surface area contributed by atoms with Crippen molar-refractivity contribution in [3.63, 3.8) is 0 Å². The van der Waals surface area contributed by atoms with Gasteiger partial charge in [-0.05, 0) is 38.3 Å². The molecule has 0 unspecified atom stereocenters. The average molecular weight is 426 g/mol. The highest BCUT2D eigenvalue weighted by molar-refractivity contribution is 7.15. The van der Waals surface area contributed by atoms with Crippen LogP contribution in [0.2, 0.25) is 0 Å². The van der Waals surface area contributed by atoms with E-state index >= 15 is 0 Å². The lowest BCUT2D eigenvalue weighted by molar-refractivity contribution is -0.128. The Bertz CT molecular complexity index is 1060. The monoisotopic (exact) mass is 425 g/mol. The first-order valence-corrected chi connectivity index (χ1v) is 11.2. The molecule has 0 radical (unpaired) electrons. The molecule has 1 N–H and O–H groups in total. The number of pyridine rings is 1. The molecule has 1 aliphatic rings. The molecule has 0 aromatic carbocycles. The zero-order chi connectivity index (χ0) is 21.1. The number of aryl methyl sites for hydroxylation is 2. The molecule has 1 saturated heterocycles. The van der Waals surface area contributed by atoms with Crippen molar-refractivity contribution >= 4 is 39.1 Å². The summed E-state index contributed by atoms with van der Waals surface area (Å²) >= 11 is 1.59. The van der Waals surface area contributed by atoms with Crippen molar-refractivity contribution in [1.82, 2.24) is 19.4 Å². The van der Waals surface area contributed by atoms with Crippen LogP contribution in [0.5, 0.6) is 5.88 Å². The second-order valence-corrected chi connectivity index (χ2v) is 8.76. The van der Waals surface area contributed by atoms with Gasteiger partial charge in [-0.3, -0.25) is 4.79 Å². The van der Waals surface area contributed by atoms with Crippen LogP contribution >= 0.6 is 11.3 Å². The summed E-state index contributed by atoms with van der Waals surface area (Å²) in [5.74, 6) is 1.25. The Labute approximate surface area is 180 Å². The highest BCUT2D eigenvalue weighted by Crippen LogP contribution is 2.32. The Morgan fingerprint density at radius 3 is 3.10 bits per heavy atom. The maximum Gasteiger partial charge on any atom is 0.246 e. The van der Waals surface area contributed by atoms with E-state index in [4.69, 9.17) is 9.72 Å². The smallest absolute Gasteiger partial charge is 0.246 e. The quantitative estimate of drug-likeness (QED) is 0.564. The number of piperidine rings is 1. The van der Waals surface area contributed by atoms with E-state index in [1.807, 2.05) is 19.2 Å². The van der Waals surface area contributed by atoms with Gasteiger partial charge in [-0.1, -0.05) is 13.5 Å². The number of nitrogens with one attached hydrogen (secondary N) is 1. The lowest BCUT2D eigenvalue weighted by Crippen LogP contribution is -2.43. The van der Waals surface area contributed by atoms with E-state index in [0.717, 1.165) is 53.3 Å². The predicted molar refractivity (Wildman–Crippen MR) is 121 cm³/mol. The molecule has 0 aliphatic carbocycles. The van der Waals surface area contributed by atoms with Gasteiger partial charge >= 0.3 is 0 Å². The third-order valence-corrected chi connectivity index (χ3v) is 6.02. The van der Waals surface area contributed by atoms with Gasteiger partial charge in [0, 0.05) is 36.4 Å². The van der Waals surface area contributed by atoms with Gasteiger partial charge in [-0.15, -0.1) is 11.3 Å². The second-order valence-electron chi connectivity index (χ2n) is 7.53. The van der Waals surface area contributed by atoms with Gasteiger partial charge in [0.25, 0.3) is 0 Å². The number of aromatic nitrogens is 3. The lowest BCUT2D eigenvalue weighted by atomic mass is 10.1. The van der Waals surface area contributed by atoms with Gasteiger partial charge < -0.3 is 19.5 Å². The highest BCUT2D eigenvalue weighted by Gasteiger charge is 2.25. The first-order valence-electron chi connectivity index (χ1n) is 10.3. The molecule has 8 heteroatoms. The second kappa shape index (κ2) is 8.87. The molecular formula is C22H27N5O2S. The number of thiazole rings is 1. The van der Waals surface area contributed by atoms with Crippen LogP contribution in [0, 0.1) is 6.92 Å². The van der Waals surface area contributed by atoms with Crippen LogP contribution < -0.4 is 10.1 Å². The first kappa shape index (κ1) is 20.4. The maximum atomic E-state index is 12.0. The summed E-state index contributed by atoms with van der Waals surface area (Å²) < 4.78 is 8.58. The third-order valence-electron chi connectivity index (χ3n) is 5.20. The van der Waals surface area contributed by atoms with Crippen molar-refractivity contribution < 1.29 is 9.53 Å². The zero-order valence-electron chi connectivity index (χ0n) is 17.4. The Balaban J connectivity index is 1.65. The number of ether oxygens (including phenoxy) is 1. The number of likely N-dealkylation sites (tertiary alicyclic amines) is 1. The Hall–Kier alpha value is -2.87. The Morgan fingerprint density at radius 2 is 2.37 bits per heavy atom. The molecule has 1 aliphatic heterocycles.